The van der Waals surface area contributed by atoms with Crippen molar-refractivity contribution in [2.75, 3.05) is 0 Å². The van der Waals surface area contributed by atoms with E-state index in [4.69, 9.17) is 16.3 Å². The number of amides is 1. The van der Waals surface area contributed by atoms with Gasteiger partial charge in [-0.1, -0.05) is 35.9 Å². The van der Waals surface area contributed by atoms with Crippen LogP contribution in [0.1, 0.15) is 24.6 Å². The lowest BCUT2D eigenvalue weighted by molar-refractivity contribution is -0.131. The average Bonchev–Trinajstić information content (AvgIpc) is 3.26. The molecule has 8 heteroatoms. The van der Waals surface area contributed by atoms with Gasteiger partial charge >= 0.3 is 5.97 Å². The molecule has 1 N–H and O–H groups in total. The summed E-state index contributed by atoms with van der Waals surface area (Å²) in [6.45, 7) is 1.72. The number of aryl methyl sites for hydroxylation is 1. The average molecular weight is 492 g/mol. The predicted molar refractivity (Wildman–Crippen MR) is 132 cm³/mol. The number of carbonyl (C=O) groups is 2. The number of nitrogens with one attached hydrogen (secondary N) is 1. The second kappa shape index (κ2) is 11.0. The topological polar surface area (TPSA) is 73.2 Å². The Kier molecular flexibility index (Phi) is 7.57. The summed E-state index contributed by atoms with van der Waals surface area (Å²) in [6.07, 6.45) is 0.647. The van der Waals surface area contributed by atoms with E-state index >= 15 is 0 Å². The molecule has 35 heavy (non-hydrogen) atoms. The Morgan fingerprint density at radius 2 is 1.80 bits per heavy atom. The van der Waals surface area contributed by atoms with Crippen LogP contribution in [0.3, 0.4) is 0 Å². The number of hydrogen-bond acceptors (Lipinski definition) is 4. The van der Waals surface area contributed by atoms with Gasteiger partial charge in [-0.2, -0.15) is 5.10 Å². The van der Waals surface area contributed by atoms with Crippen LogP contribution < -0.4 is 10.1 Å². The number of halogens is 2. The van der Waals surface area contributed by atoms with E-state index in [1.807, 2.05) is 24.3 Å². The summed E-state index contributed by atoms with van der Waals surface area (Å²) in [4.78, 5) is 23.6. The number of benzene rings is 3. The van der Waals surface area contributed by atoms with E-state index in [2.05, 4.69) is 10.4 Å². The summed E-state index contributed by atoms with van der Waals surface area (Å²) < 4.78 is 20.7. The van der Waals surface area contributed by atoms with Gasteiger partial charge in [-0.15, -0.1) is 0 Å². The van der Waals surface area contributed by atoms with Crippen LogP contribution in [0.15, 0.2) is 78.9 Å². The third-order valence-corrected chi connectivity index (χ3v) is 5.45. The molecule has 0 fully saturated rings. The highest BCUT2D eigenvalue weighted by atomic mass is 35.5. The minimum atomic E-state index is -0.409. The summed E-state index contributed by atoms with van der Waals surface area (Å²) in [6, 6.07) is 22.3. The predicted octanol–water partition coefficient (Wildman–Crippen LogP) is 5.51. The molecule has 0 atom stereocenters. The molecule has 1 heterocycles. The fourth-order valence-corrected chi connectivity index (χ4v) is 3.81. The zero-order valence-corrected chi connectivity index (χ0v) is 19.8. The molecule has 1 aromatic heterocycles. The first-order valence-electron chi connectivity index (χ1n) is 11.0. The van der Waals surface area contributed by atoms with Gasteiger partial charge in [-0.05, 0) is 60.2 Å². The summed E-state index contributed by atoms with van der Waals surface area (Å²) in [5.41, 5.74) is 3.64. The Morgan fingerprint density at radius 3 is 2.51 bits per heavy atom. The lowest BCUT2D eigenvalue weighted by Gasteiger charge is -2.09. The molecule has 3 aromatic carbocycles. The minimum absolute atomic E-state index is 0.113. The van der Waals surface area contributed by atoms with E-state index < -0.39 is 5.97 Å². The first-order valence-corrected chi connectivity index (χ1v) is 11.4. The first-order chi connectivity index (χ1) is 16.9. The zero-order valence-electron chi connectivity index (χ0n) is 19.0. The molecule has 0 bridgehead atoms. The van der Waals surface area contributed by atoms with E-state index in [0.29, 0.717) is 46.4 Å². The molecule has 4 aromatic rings. The summed E-state index contributed by atoms with van der Waals surface area (Å²) in [5.74, 6) is -0.467. The first kappa shape index (κ1) is 24.2. The highest BCUT2D eigenvalue weighted by Gasteiger charge is 2.14. The lowest BCUT2D eigenvalue weighted by Crippen LogP contribution is -2.23. The summed E-state index contributed by atoms with van der Waals surface area (Å²) in [5, 5.41) is 8.17. The van der Waals surface area contributed by atoms with Crippen molar-refractivity contribution in [1.82, 2.24) is 15.1 Å². The van der Waals surface area contributed by atoms with Crippen LogP contribution in [0.4, 0.5) is 4.39 Å². The van der Waals surface area contributed by atoms with E-state index in [0.717, 1.165) is 5.56 Å². The van der Waals surface area contributed by atoms with E-state index in [-0.39, 0.29) is 18.1 Å². The van der Waals surface area contributed by atoms with Gasteiger partial charge in [0.25, 0.3) is 0 Å². The Bertz CT molecular complexity index is 1350. The highest BCUT2D eigenvalue weighted by Crippen LogP contribution is 2.26. The lowest BCUT2D eigenvalue weighted by atomic mass is 10.1. The van der Waals surface area contributed by atoms with Crippen molar-refractivity contribution < 1.29 is 18.7 Å². The van der Waals surface area contributed by atoms with Gasteiger partial charge in [0.05, 0.1) is 17.1 Å². The van der Waals surface area contributed by atoms with Crippen LogP contribution in [-0.4, -0.2) is 21.7 Å². The van der Waals surface area contributed by atoms with Crippen LogP contribution >= 0.6 is 11.6 Å². The molecule has 0 aliphatic rings. The highest BCUT2D eigenvalue weighted by molar-refractivity contribution is 6.30. The Balaban J connectivity index is 1.52. The number of esters is 1. The minimum Gasteiger partial charge on any atom is -0.427 e. The zero-order chi connectivity index (χ0) is 24.8. The maximum absolute atomic E-state index is 13.9. The number of hydrogen-bond donors (Lipinski definition) is 1. The maximum atomic E-state index is 13.9. The van der Waals surface area contributed by atoms with Gasteiger partial charge in [0.2, 0.25) is 5.91 Å². The summed E-state index contributed by atoms with van der Waals surface area (Å²) >= 11 is 5.99. The van der Waals surface area contributed by atoms with Gasteiger partial charge in [-0.25, -0.2) is 9.07 Å². The van der Waals surface area contributed by atoms with E-state index in [9.17, 15) is 14.0 Å². The van der Waals surface area contributed by atoms with Crippen LogP contribution in [0, 0.1) is 5.82 Å². The normalized spacial score (nSPS) is 10.7. The Morgan fingerprint density at radius 1 is 1.03 bits per heavy atom. The molecule has 0 unspecified atom stereocenters. The fourth-order valence-electron chi connectivity index (χ4n) is 3.60. The van der Waals surface area contributed by atoms with Crippen LogP contribution in [0.2, 0.25) is 5.02 Å². The van der Waals surface area contributed by atoms with E-state index in [1.54, 1.807) is 47.1 Å². The van der Waals surface area contributed by atoms with Gasteiger partial charge in [0, 0.05) is 36.9 Å². The Labute approximate surface area is 207 Å². The molecule has 0 aliphatic heterocycles. The Hall–Kier alpha value is -3.97. The van der Waals surface area contributed by atoms with E-state index in [1.165, 1.54) is 19.1 Å². The second-order valence-corrected chi connectivity index (χ2v) is 8.37. The number of aromatic nitrogens is 2. The van der Waals surface area contributed by atoms with Crippen LogP contribution in [0.25, 0.3) is 16.9 Å². The number of rotatable bonds is 8. The van der Waals surface area contributed by atoms with Gasteiger partial charge in [0.15, 0.2) is 0 Å². The standard InChI is InChI=1S/C27H23ClFN3O3/c1-18(33)35-25-11-9-24(10-12-25)32-26(20-5-3-7-22(29)15-20)16-23(31-32)8-13-27(34)30-17-19-4-2-6-21(28)14-19/h2-7,9-12,14-16H,8,13,17H2,1H3,(H,30,34). The molecular weight excluding hydrogens is 469 g/mol. The second-order valence-electron chi connectivity index (χ2n) is 7.94. The molecule has 0 saturated carbocycles. The summed E-state index contributed by atoms with van der Waals surface area (Å²) in [7, 11) is 0. The molecule has 0 aliphatic carbocycles. The quantitative estimate of drug-likeness (QED) is 0.261. The number of ether oxygens (including phenoxy) is 1. The number of carbonyl (C=O) groups excluding carboxylic acids is 2. The molecule has 1 amide bonds. The largest absolute Gasteiger partial charge is 0.427 e. The van der Waals surface area contributed by atoms with Gasteiger partial charge in [-0.3, -0.25) is 9.59 Å². The molecule has 4 rings (SSSR count). The third kappa shape index (κ3) is 6.55. The molecule has 178 valence electrons. The van der Waals surface area contributed by atoms with Crippen molar-refractivity contribution in [2.24, 2.45) is 0 Å². The van der Waals surface area contributed by atoms with Gasteiger partial charge in [0.1, 0.15) is 11.6 Å². The van der Waals surface area contributed by atoms with Crippen molar-refractivity contribution in [3.8, 4) is 22.7 Å². The smallest absolute Gasteiger partial charge is 0.308 e. The molecule has 0 spiro atoms. The van der Waals surface area contributed by atoms with Gasteiger partial charge < -0.3 is 10.1 Å². The van der Waals surface area contributed by atoms with Crippen LogP contribution in [-0.2, 0) is 22.6 Å². The van der Waals surface area contributed by atoms with Crippen molar-refractivity contribution in [3.63, 3.8) is 0 Å². The molecule has 0 saturated heterocycles. The van der Waals surface area contributed by atoms with Crippen molar-refractivity contribution in [3.05, 3.63) is 101 Å². The fraction of sp³-hybridized carbons (Fsp3) is 0.148. The molecule has 6 nitrogen and oxygen atoms in total. The third-order valence-electron chi connectivity index (χ3n) is 5.21. The molecule has 0 radical (unpaired) electrons. The van der Waals surface area contributed by atoms with Crippen molar-refractivity contribution in [1.29, 1.82) is 0 Å². The number of nitrogens with zero attached hydrogens (tertiary/aromatic N) is 2. The SMILES string of the molecule is CC(=O)Oc1ccc(-n2nc(CCC(=O)NCc3cccc(Cl)c3)cc2-c2cccc(F)c2)cc1. The maximum Gasteiger partial charge on any atom is 0.308 e. The van der Waals surface area contributed by atoms with Crippen molar-refractivity contribution in [2.45, 2.75) is 26.3 Å². The molecular formula is C27H23ClFN3O3. The monoisotopic (exact) mass is 491 g/mol. The van der Waals surface area contributed by atoms with Crippen LogP contribution in [0.5, 0.6) is 5.75 Å². The van der Waals surface area contributed by atoms with Crippen molar-refractivity contribution >= 4 is 23.5 Å².